The lowest BCUT2D eigenvalue weighted by atomic mass is 10.2. The van der Waals surface area contributed by atoms with Gasteiger partial charge in [-0.25, -0.2) is 0 Å². The number of benzene rings is 1. The number of carbonyl (C=O) groups excluding carboxylic acids is 1. The normalized spacial score (nSPS) is 9.95. The van der Waals surface area contributed by atoms with Crippen LogP contribution in [0.4, 0.5) is 5.69 Å². The van der Waals surface area contributed by atoms with Gasteiger partial charge in [-0.3, -0.25) is 4.79 Å². The van der Waals surface area contributed by atoms with Gasteiger partial charge in [-0.15, -0.1) is 0 Å². The smallest absolute Gasteiger partial charge is 0.267 e. The van der Waals surface area contributed by atoms with Crippen LogP contribution in [0.2, 0.25) is 5.15 Å². The maximum absolute atomic E-state index is 12.2. The van der Waals surface area contributed by atoms with E-state index < -0.39 is 0 Å². The monoisotopic (exact) mass is 291 g/mol. The molecule has 1 heterocycles. The van der Waals surface area contributed by atoms with E-state index in [0.717, 1.165) is 17.1 Å². The van der Waals surface area contributed by atoms with E-state index in [9.17, 15) is 4.79 Å². The number of anilines is 1. The van der Waals surface area contributed by atoms with E-state index in [4.69, 9.17) is 16.9 Å². The number of aromatic nitrogens is 1. The van der Waals surface area contributed by atoms with Crippen molar-refractivity contribution in [3.8, 4) is 6.07 Å². The highest BCUT2D eigenvalue weighted by atomic mass is 35.5. The summed E-state index contributed by atoms with van der Waals surface area (Å²) in [6.07, 6.45) is 0.637. The predicted octanol–water partition coefficient (Wildman–Crippen LogP) is 3.48. The molecule has 0 bridgehead atoms. The zero-order valence-electron chi connectivity index (χ0n) is 10.1. The summed E-state index contributed by atoms with van der Waals surface area (Å²) >= 11 is 6.98. The van der Waals surface area contributed by atoms with Gasteiger partial charge >= 0.3 is 0 Å². The molecule has 0 radical (unpaired) electrons. The molecule has 1 aromatic carbocycles. The van der Waals surface area contributed by atoms with Gasteiger partial charge in [0.2, 0.25) is 0 Å². The Morgan fingerprint density at radius 3 is 2.95 bits per heavy atom. The van der Waals surface area contributed by atoms with Crippen molar-refractivity contribution < 1.29 is 4.79 Å². The van der Waals surface area contributed by atoms with Gasteiger partial charge in [0, 0.05) is 5.56 Å². The molecule has 96 valence electrons. The first kappa shape index (κ1) is 13.5. The summed E-state index contributed by atoms with van der Waals surface area (Å²) in [5.74, 6) is -0.288. The van der Waals surface area contributed by atoms with E-state index >= 15 is 0 Å². The fraction of sp³-hybridized carbons (Fsp3) is 0.154. The van der Waals surface area contributed by atoms with Crippen LogP contribution in [0.15, 0.2) is 24.3 Å². The molecule has 2 aromatic rings. The molecule has 0 atom stereocenters. The molecular weight excluding hydrogens is 282 g/mol. The summed E-state index contributed by atoms with van der Waals surface area (Å²) in [6.45, 7) is 1.91. The lowest BCUT2D eigenvalue weighted by Crippen LogP contribution is -2.13. The zero-order chi connectivity index (χ0) is 13.8. The van der Waals surface area contributed by atoms with Gasteiger partial charge in [-0.05, 0) is 30.1 Å². The molecule has 19 heavy (non-hydrogen) atoms. The highest BCUT2D eigenvalue weighted by Crippen LogP contribution is 2.25. The van der Waals surface area contributed by atoms with Crippen LogP contribution in [0.25, 0.3) is 0 Å². The number of rotatable bonds is 3. The third-order valence-corrected chi connectivity index (χ3v) is 3.90. The number of nitrogens with zero attached hydrogens (tertiary/aromatic N) is 2. The summed E-state index contributed by atoms with van der Waals surface area (Å²) < 4.78 is 3.97. The lowest BCUT2D eigenvalue weighted by Gasteiger charge is -2.06. The topological polar surface area (TPSA) is 65.8 Å². The summed E-state index contributed by atoms with van der Waals surface area (Å²) in [7, 11) is 0. The average molecular weight is 292 g/mol. The largest absolute Gasteiger partial charge is 0.320 e. The van der Waals surface area contributed by atoms with Crippen molar-refractivity contribution in [1.29, 1.82) is 5.26 Å². The van der Waals surface area contributed by atoms with Crippen molar-refractivity contribution in [2.75, 3.05) is 5.32 Å². The number of amides is 1. The van der Waals surface area contributed by atoms with Crippen LogP contribution in [-0.4, -0.2) is 10.3 Å². The summed E-state index contributed by atoms with van der Waals surface area (Å²) in [6, 6.07) is 8.87. The van der Waals surface area contributed by atoms with Crippen molar-refractivity contribution in [1.82, 2.24) is 4.37 Å². The molecule has 1 amide bonds. The van der Waals surface area contributed by atoms with Gasteiger partial charge in [0.1, 0.15) is 16.1 Å². The Bertz CT molecular complexity index is 660. The molecule has 0 unspecified atom stereocenters. The third kappa shape index (κ3) is 2.75. The summed E-state index contributed by atoms with van der Waals surface area (Å²) in [4.78, 5) is 12.7. The molecule has 4 nitrogen and oxygen atoms in total. The van der Waals surface area contributed by atoms with Gasteiger partial charge in [-0.2, -0.15) is 9.64 Å². The number of nitrogens with one attached hydrogen (secondary N) is 1. The van der Waals surface area contributed by atoms with Crippen LogP contribution in [-0.2, 0) is 6.42 Å². The molecule has 2 rings (SSSR count). The van der Waals surface area contributed by atoms with Gasteiger partial charge in [0.25, 0.3) is 5.91 Å². The van der Waals surface area contributed by atoms with Gasteiger partial charge in [-0.1, -0.05) is 30.7 Å². The Kier molecular flexibility index (Phi) is 4.15. The number of carbonyl (C=O) groups is 1. The molecule has 0 aliphatic rings. The highest BCUT2D eigenvalue weighted by Gasteiger charge is 2.18. The SMILES string of the molecule is CCc1c(Cl)nsc1C(=O)Nc1ccccc1C#N. The Morgan fingerprint density at radius 1 is 1.53 bits per heavy atom. The number of nitriles is 1. The Hall–Kier alpha value is -1.90. The molecule has 1 N–H and O–H groups in total. The molecule has 0 spiro atoms. The predicted molar refractivity (Wildman–Crippen MR) is 75.6 cm³/mol. The molecule has 1 aromatic heterocycles. The van der Waals surface area contributed by atoms with Crippen molar-refractivity contribution in [2.45, 2.75) is 13.3 Å². The van der Waals surface area contributed by atoms with Crippen molar-refractivity contribution >= 4 is 34.7 Å². The molecule has 6 heteroatoms. The third-order valence-electron chi connectivity index (χ3n) is 2.60. The number of hydrogen-bond acceptors (Lipinski definition) is 4. The van der Waals surface area contributed by atoms with Gasteiger partial charge in [0.05, 0.1) is 11.3 Å². The summed E-state index contributed by atoms with van der Waals surface area (Å²) in [5, 5.41) is 12.1. The van der Waals surface area contributed by atoms with E-state index in [0.29, 0.717) is 27.7 Å². The highest BCUT2D eigenvalue weighted by molar-refractivity contribution is 7.08. The Labute approximate surface area is 119 Å². The maximum Gasteiger partial charge on any atom is 0.267 e. The average Bonchev–Trinajstić information content (AvgIpc) is 2.80. The Morgan fingerprint density at radius 2 is 2.26 bits per heavy atom. The number of hydrogen-bond donors (Lipinski definition) is 1. The second kappa shape index (κ2) is 5.83. The van der Waals surface area contributed by atoms with Crippen LogP contribution in [0, 0.1) is 11.3 Å². The first-order valence-corrected chi connectivity index (χ1v) is 6.77. The van der Waals surface area contributed by atoms with Crippen LogP contribution >= 0.6 is 23.1 Å². The van der Waals surface area contributed by atoms with E-state index in [1.165, 1.54) is 0 Å². The van der Waals surface area contributed by atoms with Gasteiger partial charge in [0.15, 0.2) is 0 Å². The standard InChI is InChI=1S/C13H10ClN3OS/c1-2-9-11(19-17-12(9)14)13(18)16-10-6-4-3-5-8(10)7-15/h3-6H,2H2,1H3,(H,16,18). The second-order valence-electron chi connectivity index (χ2n) is 3.75. The molecule has 0 aliphatic heterocycles. The van der Waals surface area contributed by atoms with E-state index in [2.05, 4.69) is 9.69 Å². The fourth-order valence-electron chi connectivity index (χ4n) is 1.64. The molecule has 0 aliphatic carbocycles. The minimum Gasteiger partial charge on any atom is -0.320 e. The minimum absolute atomic E-state index is 0.288. The first-order valence-electron chi connectivity index (χ1n) is 5.62. The van der Waals surface area contributed by atoms with E-state index in [1.807, 2.05) is 13.0 Å². The summed E-state index contributed by atoms with van der Waals surface area (Å²) in [5.41, 5.74) is 1.64. The van der Waals surface area contributed by atoms with E-state index in [-0.39, 0.29) is 5.91 Å². The number of halogens is 1. The van der Waals surface area contributed by atoms with Crippen molar-refractivity contribution in [3.05, 3.63) is 45.4 Å². The van der Waals surface area contributed by atoms with Crippen molar-refractivity contribution in [2.24, 2.45) is 0 Å². The molecule has 0 fully saturated rings. The molecular formula is C13H10ClN3OS. The molecule has 0 saturated heterocycles. The van der Waals surface area contributed by atoms with E-state index in [1.54, 1.807) is 24.3 Å². The van der Waals surface area contributed by atoms with Crippen LogP contribution in [0.3, 0.4) is 0 Å². The van der Waals surface area contributed by atoms with Crippen LogP contribution in [0.5, 0.6) is 0 Å². The second-order valence-corrected chi connectivity index (χ2v) is 4.88. The maximum atomic E-state index is 12.2. The fourth-order valence-corrected chi connectivity index (χ4v) is 2.80. The lowest BCUT2D eigenvalue weighted by molar-refractivity contribution is 0.103. The Balaban J connectivity index is 2.29. The minimum atomic E-state index is -0.288. The van der Waals surface area contributed by atoms with Crippen molar-refractivity contribution in [3.63, 3.8) is 0 Å². The van der Waals surface area contributed by atoms with Gasteiger partial charge < -0.3 is 5.32 Å². The zero-order valence-corrected chi connectivity index (χ0v) is 11.7. The molecule has 0 saturated carbocycles. The van der Waals surface area contributed by atoms with Crippen LogP contribution < -0.4 is 5.32 Å². The quantitative estimate of drug-likeness (QED) is 0.941. The van der Waals surface area contributed by atoms with Crippen LogP contribution in [0.1, 0.15) is 27.7 Å². The number of para-hydroxylation sites is 1. The first-order chi connectivity index (χ1) is 9.17.